The molecule has 0 saturated carbocycles. The first-order valence-electron chi connectivity index (χ1n) is 9.30. The molecule has 28 heavy (non-hydrogen) atoms. The maximum atomic E-state index is 11.6. The molecular weight excluding hydrogens is 348 g/mol. The lowest BCUT2D eigenvalue weighted by molar-refractivity contribution is -0.118. The zero-order chi connectivity index (χ0) is 19.8. The van der Waals surface area contributed by atoms with E-state index in [9.17, 15) is 9.90 Å². The van der Waals surface area contributed by atoms with Crippen molar-refractivity contribution in [2.75, 3.05) is 6.61 Å². The number of allylic oxidation sites excluding steroid dienone is 1. The number of carbonyl (C=O) groups is 1. The van der Waals surface area contributed by atoms with Gasteiger partial charge in [0.2, 0.25) is 0 Å². The number of rotatable bonds is 9. The van der Waals surface area contributed by atoms with Gasteiger partial charge in [-0.25, -0.2) is 0 Å². The van der Waals surface area contributed by atoms with Gasteiger partial charge in [-0.1, -0.05) is 97.6 Å². The van der Waals surface area contributed by atoms with E-state index in [0.29, 0.717) is 0 Å². The van der Waals surface area contributed by atoms with Crippen LogP contribution < -0.4 is 0 Å². The first-order chi connectivity index (χ1) is 13.7. The minimum atomic E-state index is -0.916. The van der Waals surface area contributed by atoms with Gasteiger partial charge in [-0.05, 0) is 22.8 Å². The molecule has 3 aromatic carbocycles. The minimum absolute atomic E-state index is 0.0122. The summed E-state index contributed by atoms with van der Waals surface area (Å²) in [5.41, 5.74) is 1.96. The molecule has 3 heteroatoms. The summed E-state index contributed by atoms with van der Waals surface area (Å²) in [7, 11) is 0. The van der Waals surface area contributed by atoms with Gasteiger partial charge < -0.3 is 9.84 Å². The van der Waals surface area contributed by atoms with Crippen molar-refractivity contribution in [1.29, 1.82) is 0 Å². The van der Waals surface area contributed by atoms with Gasteiger partial charge in [0.1, 0.15) is 5.60 Å². The molecule has 1 N–H and O–H groups in total. The van der Waals surface area contributed by atoms with Crippen molar-refractivity contribution in [2.24, 2.45) is 0 Å². The van der Waals surface area contributed by atoms with Crippen molar-refractivity contribution in [3.05, 3.63) is 120 Å². The normalized spacial score (nSPS) is 12.3. The van der Waals surface area contributed by atoms with Crippen molar-refractivity contribution in [3.8, 4) is 0 Å². The highest BCUT2D eigenvalue weighted by Gasteiger charge is 2.38. The maximum absolute atomic E-state index is 11.6. The number of ether oxygens (including phenoxy) is 1. The van der Waals surface area contributed by atoms with Gasteiger partial charge in [-0.2, -0.15) is 0 Å². The standard InChI is InChI=1S/C25H24O3/c1-2-23(26)18-24(27)19-28-25(20-12-6-3-7-13-20,21-14-8-4-9-15-21)22-16-10-5-11-17-22/h2-17,24,27H,1,18-19H2/t24-/m0/s1. The number of aliphatic hydroxyl groups excluding tert-OH is 1. The van der Waals surface area contributed by atoms with Gasteiger partial charge in [0.25, 0.3) is 0 Å². The van der Waals surface area contributed by atoms with Crippen LogP contribution in [0.2, 0.25) is 0 Å². The lowest BCUT2D eigenvalue weighted by atomic mass is 9.80. The smallest absolute Gasteiger partial charge is 0.157 e. The Balaban J connectivity index is 2.09. The van der Waals surface area contributed by atoms with Crippen LogP contribution in [0.5, 0.6) is 0 Å². The van der Waals surface area contributed by atoms with E-state index in [4.69, 9.17) is 4.74 Å². The summed E-state index contributed by atoms with van der Waals surface area (Å²) in [4.78, 5) is 11.6. The van der Waals surface area contributed by atoms with E-state index in [-0.39, 0.29) is 18.8 Å². The summed E-state index contributed by atoms with van der Waals surface area (Å²) < 4.78 is 6.46. The van der Waals surface area contributed by atoms with E-state index in [0.717, 1.165) is 16.7 Å². The van der Waals surface area contributed by atoms with Gasteiger partial charge in [-0.3, -0.25) is 4.79 Å². The fourth-order valence-corrected chi connectivity index (χ4v) is 3.36. The Morgan fingerprint density at radius 3 is 1.61 bits per heavy atom. The first kappa shape index (κ1) is 19.7. The molecule has 0 unspecified atom stereocenters. The van der Waals surface area contributed by atoms with Crippen molar-refractivity contribution >= 4 is 5.78 Å². The lowest BCUT2D eigenvalue weighted by Gasteiger charge is -2.36. The van der Waals surface area contributed by atoms with Crippen LogP contribution in [0, 0.1) is 0 Å². The molecule has 0 aromatic heterocycles. The molecule has 3 aromatic rings. The third-order valence-corrected chi connectivity index (χ3v) is 4.70. The molecule has 1 atom stereocenters. The molecule has 0 fully saturated rings. The Kier molecular flexibility index (Phi) is 6.53. The summed E-state index contributed by atoms with van der Waals surface area (Å²) in [5, 5.41) is 10.4. The van der Waals surface area contributed by atoms with Gasteiger partial charge in [0.15, 0.2) is 5.78 Å². The number of aliphatic hydroxyl groups is 1. The van der Waals surface area contributed by atoms with Crippen LogP contribution >= 0.6 is 0 Å². The zero-order valence-corrected chi connectivity index (χ0v) is 15.7. The Bertz CT molecular complexity index is 792. The van der Waals surface area contributed by atoms with E-state index in [1.165, 1.54) is 6.08 Å². The number of benzene rings is 3. The van der Waals surface area contributed by atoms with E-state index in [1.807, 2.05) is 91.0 Å². The Morgan fingerprint density at radius 1 is 0.857 bits per heavy atom. The fourth-order valence-electron chi connectivity index (χ4n) is 3.36. The van der Waals surface area contributed by atoms with Crippen LogP contribution in [0.3, 0.4) is 0 Å². The quantitative estimate of drug-likeness (QED) is 0.444. The Morgan fingerprint density at radius 2 is 1.25 bits per heavy atom. The van der Waals surface area contributed by atoms with Crippen LogP contribution in [0.15, 0.2) is 104 Å². The average Bonchev–Trinajstić information content (AvgIpc) is 2.76. The van der Waals surface area contributed by atoms with E-state index < -0.39 is 11.7 Å². The molecule has 0 spiro atoms. The Hall–Kier alpha value is -3.01. The van der Waals surface area contributed by atoms with Crippen LogP contribution in [-0.2, 0) is 15.1 Å². The highest BCUT2D eigenvalue weighted by Crippen LogP contribution is 2.40. The molecule has 3 nitrogen and oxygen atoms in total. The van der Waals surface area contributed by atoms with Crippen LogP contribution in [-0.4, -0.2) is 23.6 Å². The third kappa shape index (κ3) is 4.28. The zero-order valence-electron chi connectivity index (χ0n) is 15.7. The molecule has 0 bridgehead atoms. The highest BCUT2D eigenvalue weighted by atomic mass is 16.5. The summed E-state index contributed by atoms with van der Waals surface area (Å²) in [6.07, 6.45) is 0.293. The fraction of sp³-hybridized carbons (Fsp3) is 0.160. The molecule has 0 aliphatic rings. The first-order valence-corrected chi connectivity index (χ1v) is 9.30. The molecular formula is C25H24O3. The Labute approximate surface area is 165 Å². The number of hydrogen-bond acceptors (Lipinski definition) is 3. The second-order valence-corrected chi connectivity index (χ2v) is 6.62. The summed E-state index contributed by atoms with van der Waals surface area (Å²) in [6.45, 7) is 3.48. The summed E-state index contributed by atoms with van der Waals surface area (Å²) in [5.74, 6) is -0.208. The van der Waals surface area contributed by atoms with E-state index >= 15 is 0 Å². The largest absolute Gasteiger partial charge is 0.390 e. The molecule has 0 radical (unpaired) electrons. The van der Waals surface area contributed by atoms with Crippen molar-refractivity contribution in [3.63, 3.8) is 0 Å². The third-order valence-electron chi connectivity index (χ3n) is 4.70. The second-order valence-electron chi connectivity index (χ2n) is 6.62. The molecule has 0 aliphatic carbocycles. The monoisotopic (exact) mass is 372 g/mol. The van der Waals surface area contributed by atoms with Gasteiger partial charge >= 0.3 is 0 Å². The van der Waals surface area contributed by atoms with Crippen LogP contribution in [0.25, 0.3) is 0 Å². The van der Waals surface area contributed by atoms with Gasteiger partial charge in [0.05, 0.1) is 12.7 Å². The molecule has 0 amide bonds. The van der Waals surface area contributed by atoms with E-state index in [2.05, 4.69) is 6.58 Å². The van der Waals surface area contributed by atoms with Gasteiger partial charge in [-0.15, -0.1) is 0 Å². The van der Waals surface area contributed by atoms with Crippen LogP contribution in [0.1, 0.15) is 23.1 Å². The van der Waals surface area contributed by atoms with E-state index in [1.54, 1.807) is 0 Å². The number of ketones is 1. The number of hydrogen-bond donors (Lipinski definition) is 1. The predicted molar refractivity (Wildman–Crippen MR) is 111 cm³/mol. The molecule has 3 rings (SSSR count). The van der Waals surface area contributed by atoms with Crippen molar-refractivity contribution < 1.29 is 14.6 Å². The van der Waals surface area contributed by atoms with Gasteiger partial charge in [0, 0.05) is 6.42 Å². The van der Waals surface area contributed by atoms with Crippen LogP contribution in [0.4, 0.5) is 0 Å². The summed E-state index contributed by atoms with van der Waals surface area (Å²) in [6, 6.07) is 29.8. The number of carbonyl (C=O) groups excluding carboxylic acids is 1. The second kappa shape index (κ2) is 9.27. The predicted octanol–water partition coefficient (Wildman–Crippen LogP) is 4.50. The minimum Gasteiger partial charge on any atom is -0.390 e. The maximum Gasteiger partial charge on any atom is 0.157 e. The molecule has 142 valence electrons. The lowest BCUT2D eigenvalue weighted by Crippen LogP contribution is -2.36. The van der Waals surface area contributed by atoms with Crippen molar-refractivity contribution in [2.45, 2.75) is 18.1 Å². The topological polar surface area (TPSA) is 46.5 Å². The molecule has 0 heterocycles. The van der Waals surface area contributed by atoms with Crippen molar-refractivity contribution in [1.82, 2.24) is 0 Å². The SMILES string of the molecule is C=CC(=O)C[C@H](O)COC(c1ccccc1)(c1ccccc1)c1ccccc1. The molecule has 0 saturated heterocycles. The average molecular weight is 372 g/mol. The summed E-state index contributed by atoms with van der Waals surface area (Å²) >= 11 is 0. The highest BCUT2D eigenvalue weighted by molar-refractivity contribution is 5.89. The molecule has 0 aliphatic heterocycles.